The highest BCUT2D eigenvalue weighted by Gasteiger charge is 2.11. The summed E-state index contributed by atoms with van der Waals surface area (Å²) in [4.78, 5) is 0. The lowest BCUT2D eigenvalue weighted by Gasteiger charge is -2.19. The van der Waals surface area contributed by atoms with E-state index < -0.39 is 0 Å². The molecule has 1 rings (SSSR count). The second kappa shape index (κ2) is 7.98. The van der Waals surface area contributed by atoms with Crippen LogP contribution in [0.2, 0.25) is 0 Å². The van der Waals surface area contributed by atoms with Crippen molar-refractivity contribution in [2.24, 2.45) is 0 Å². The van der Waals surface area contributed by atoms with E-state index in [-0.39, 0.29) is 6.10 Å². The highest BCUT2D eigenvalue weighted by atomic mass is 16.5. The molecule has 102 valence electrons. The van der Waals surface area contributed by atoms with Crippen molar-refractivity contribution in [1.29, 1.82) is 0 Å². The van der Waals surface area contributed by atoms with Crippen LogP contribution in [0.1, 0.15) is 39.2 Å². The van der Waals surface area contributed by atoms with Crippen LogP contribution in [0, 0.1) is 0 Å². The Kier molecular flexibility index (Phi) is 6.58. The van der Waals surface area contributed by atoms with Crippen LogP contribution in [0.25, 0.3) is 0 Å². The Morgan fingerprint density at radius 2 is 1.83 bits per heavy atom. The van der Waals surface area contributed by atoms with Gasteiger partial charge in [-0.2, -0.15) is 0 Å². The van der Waals surface area contributed by atoms with Crippen molar-refractivity contribution in [3.63, 3.8) is 0 Å². The van der Waals surface area contributed by atoms with Gasteiger partial charge in [-0.15, -0.1) is 0 Å². The molecule has 0 radical (unpaired) electrons. The van der Waals surface area contributed by atoms with E-state index in [1.807, 2.05) is 20.0 Å². The molecule has 1 N–H and O–H groups in total. The monoisotopic (exact) mass is 251 g/mol. The zero-order valence-corrected chi connectivity index (χ0v) is 12.0. The molecule has 18 heavy (non-hydrogen) atoms. The summed E-state index contributed by atoms with van der Waals surface area (Å²) in [7, 11) is 1.94. The Hall–Kier alpha value is -1.22. The van der Waals surface area contributed by atoms with Gasteiger partial charge in [0, 0.05) is 6.54 Å². The molecule has 0 spiro atoms. The van der Waals surface area contributed by atoms with Gasteiger partial charge in [0.1, 0.15) is 0 Å². The Labute approximate surface area is 110 Å². The fourth-order valence-electron chi connectivity index (χ4n) is 1.87. The maximum Gasteiger partial charge on any atom is 0.161 e. The molecule has 0 heterocycles. The molecule has 0 saturated heterocycles. The van der Waals surface area contributed by atoms with E-state index in [2.05, 4.69) is 31.3 Å². The summed E-state index contributed by atoms with van der Waals surface area (Å²) in [6.45, 7) is 7.77. The lowest BCUT2D eigenvalue weighted by molar-refractivity contribution is 0.182. The quantitative estimate of drug-likeness (QED) is 0.768. The maximum absolute atomic E-state index is 5.98. The summed E-state index contributed by atoms with van der Waals surface area (Å²) in [6, 6.07) is 6.14. The predicted molar refractivity (Wildman–Crippen MR) is 75.4 cm³/mol. The SMILES string of the molecule is CCOc1cc(CNC)ccc1OC(CC)CC. The molecule has 3 nitrogen and oxygen atoms in total. The van der Waals surface area contributed by atoms with Gasteiger partial charge in [-0.05, 0) is 44.5 Å². The van der Waals surface area contributed by atoms with Crippen molar-refractivity contribution in [3.05, 3.63) is 23.8 Å². The van der Waals surface area contributed by atoms with Crippen LogP contribution < -0.4 is 14.8 Å². The molecule has 3 heteroatoms. The minimum atomic E-state index is 0.263. The second-order valence-corrected chi connectivity index (χ2v) is 4.30. The van der Waals surface area contributed by atoms with Crippen LogP contribution in [0.15, 0.2) is 18.2 Å². The maximum atomic E-state index is 5.98. The molecule has 0 unspecified atom stereocenters. The van der Waals surface area contributed by atoms with E-state index in [1.165, 1.54) is 5.56 Å². The standard InChI is InChI=1S/C15H25NO2/c1-5-13(6-2)18-14-9-8-12(11-16-4)10-15(14)17-7-3/h8-10,13,16H,5-7,11H2,1-4H3. The molecule has 0 fully saturated rings. The highest BCUT2D eigenvalue weighted by molar-refractivity contribution is 5.43. The van der Waals surface area contributed by atoms with E-state index in [1.54, 1.807) is 0 Å². The first-order valence-electron chi connectivity index (χ1n) is 6.82. The number of hydrogen-bond donors (Lipinski definition) is 1. The van der Waals surface area contributed by atoms with Crippen LogP contribution in [-0.2, 0) is 6.54 Å². The van der Waals surface area contributed by atoms with E-state index >= 15 is 0 Å². The molecule has 0 aliphatic heterocycles. The van der Waals surface area contributed by atoms with Crippen LogP contribution in [-0.4, -0.2) is 19.8 Å². The Morgan fingerprint density at radius 3 is 2.39 bits per heavy atom. The van der Waals surface area contributed by atoms with Crippen LogP contribution in [0.5, 0.6) is 11.5 Å². The average Bonchev–Trinajstić information content (AvgIpc) is 2.39. The van der Waals surface area contributed by atoms with Gasteiger partial charge in [-0.25, -0.2) is 0 Å². The molecule has 0 aromatic heterocycles. The molecule has 0 aliphatic carbocycles. The predicted octanol–water partition coefficient (Wildman–Crippen LogP) is 3.37. The second-order valence-electron chi connectivity index (χ2n) is 4.30. The number of ether oxygens (including phenoxy) is 2. The minimum absolute atomic E-state index is 0.263. The van der Waals surface area contributed by atoms with Gasteiger partial charge in [0.05, 0.1) is 12.7 Å². The van der Waals surface area contributed by atoms with Crippen molar-refractivity contribution in [1.82, 2.24) is 5.32 Å². The molecule has 0 atom stereocenters. The zero-order chi connectivity index (χ0) is 13.4. The third-order valence-electron chi connectivity index (χ3n) is 2.89. The van der Waals surface area contributed by atoms with Gasteiger partial charge in [0.25, 0.3) is 0 Å². The van der Waals surface area contributed by atoms with Crippen molar-refractivity contribution in [2.45, 2.75) is 46.3 Å². The first kappa shape index (κ1) is 14.8. The van der Waals surface area contributed by atoms with E-state index in [9.17, 15) is 0 Å². The summed E-state index contributed by atoms with van der Waals surface area (Å²) in [5, 5.41) is 3.14. The van der Waals surface area contributed by atoms with Crippen LogP contribution >= 0.6 is 0 Å². The molecule has 1 aromatic carbocycles. The van der Waals surface area contributed by atoms with Gasteiger partial charge >= 0.3 is 0 Å². The van der Waals surface area contributed by atoms with Gasteiger partial charge in [-0.3, -0.25) is 0 Å². The summed E-state index contributed by atoms with van der Waals surface area (Å²) in [5.41, 5.74) is 1.21. The largest absolute Gasteiger partial charge is 0.490 e. The summed E-state index contributed by atoms with van der Waals surface area (Å²) in [5.74, 6) is 1.70. The number of hydrogen-bond acceptors (Lipinski definition) is 3. The van der Waals surface area contributed by atoms with Crippen molar-refractivity contribution in [3.8, 4) is 11.5 Å². The first-order chi connectivity index (χ1) is 8.74. The molecule has 0 saturated carbocycles. The fourth-order valence-corrected chi connectivity index (χ4v) is 1.87. The molecular formula is C15H25NO2. The van der Waals surface area contributed by atoms with Crippen LogP contribution in [0.4, 0.5) is 0 Å². The van der Waals surface area contributed by atoms with Gasteiger partial charge in [0.2, 0.25) is 0 Å². The molecular weight excluding hydrogens is 226 g/mol. The smallest absolute Gasteiger partial charge is 0.161 e. The van der Waals surface area contributed by atoms with Crippen LogP contribution in [0.3, 0.4) is 0 Å². The molecule has 0 aliphatic rings. The zero-order valence-electron chi connectivity index (χ0n) is 12.0. The Bertz CT molecular complexity index is 348. The van der Waals surface area contributed by atoms with Gasteiger partial charge < -0.3 is 14.8 Å². The Balaban J connectivity index is 2.88. The topological polar surface area (TPSA) is 30.5 Å². The lowest BCUT2D eigenvalue weighted by Crippen LogP contribution is -2.14. The van der Waals surface area contributed by atoms with E-state index in [0.29, 0.717) is 6.61 Å². The summed E-state index contributed by atoms with van der Waals surface area (Å²) >= 11 is 0. The lowest BCUT2D eigenvalue weighted by atomic mass is 10.2. The van der Waals surface area contributed by atoms with Crippen molar-refractivity contribution in [2.75, 3.05) is 13.7 Å². The number of nitrogens with one attached hydrogen (secondary N) is 1. The molecule has 0 bridgehead atoms. The van der Waals surface area contributed by atoms with Gasteiger partial charge in [0.15, 0.2) is 11.5 Å². The van der Waals surface area contributed by atoms with Crippen molar-refractivity contribution < 1.29 is 9.47 Å². The third-order valence-corrected chi connectivity index (χ3v) is 2.89. The third kappa shape index (κ3) is 4.22. The first-order valence-corrected chi connectivity index (χ1v) is 6.82. The molecule has 0 amide bonds. The van der Waals surface area contributed by atoms with Gasteiger partial charge in [-0.1, -0.05) is 19.9 Å². The number of rotatable bonds is 8. The fraction of sp³-hybridized carbons (Fsp3) is 0.600. The minimum Gasteiger partial charge on any atom is -0.490 e. The van der Waals surface area contributed by atoms with E-state index in [0.717, 1.165) is 30.9 Å². The summed E-state index contributed by atoms with van der Waals surface area (Å²) < 4.78 is 11.6. The number of benzene rings is 1. The van der Waals surface area contributed by atoms with Crippen molar-refractivity contribution >= 4 is 0 Å². The Morgan fingerprint density at radius 1 is 1.11 bits per heavy atom. The average molecular weight is 251 g/mol. The summed E-state index contributed by atoms with van der Waals surface area (Å²) in [6.07, 6.45) is 2.29. The highest BCUT2D eigenvalue weighted by Crippen LogP contribution is 2.30. The van der Waals surface area contributed by atoms with E-state index in [4.69, 9.17) is 9.47 Å². The normalized spacial score (nSPS) is 10.7. The molecule has 1 aromatic rings.